The third-order valence-corrected chi connectivity index (χ3v) is 5.23. The number of fused-ring (bicyclic) bond motifs is 1. The van der Waals surface area contributed by atoms with Crippen LogP contribution in [-0.4, -0.2) is 59.1 Å². The van der Waals surface area contributed by atoms with Crippen LogP contribution in [0.4, 0.5) is 0 Å². The SMILES string of the molecule is Cc1cc(Cl)ccc1C(=O)N1CCC[C@@H]2[C@H]1CCN2CCO. The minimum atomic E-state index is 0.120. The van der Waals surface area contributed by atoms with Crippen LogP contribution in [0.1, 0.15) is 35.2 Å². The van der Waals surface area contributed by atoms with E-state index in [0.29, 0.717) is 17.6 Å². The molecule has 1 aromatic carbocycles. The summed E-state index contributed by atoms with van der Waals surface area (Å²) >= 11 is 6.00. The maximum atomic E-state index is 13.0. The Morgan fingerprint density at radius 2 is 2.14 bits per heavy atom. The van der Waals surface area contributed by atoms with Gasteiger partial charge in [-0.2, -0.15) is 0 Å². The molecule has 1 N–H and O–H groups in total. The lowest BCUT2D eigenvalue weighted by Gasteiger charge is -2.40. The van der Waals surface area contributed by atoms with Gasteiger partial charge in [-0.1, -0.05) is 11.6 Å². The first-order chi connectivity index (χ1) is 10.6. The molecule has 120 valence electrons. The molecular formula is C17H23ClN2O2. The number of carbonyl (C=O) groups is 1. The highest BCUT2D eigenvalue weighted by Crippen LogP contribution is 2.32. The summed E-state index contributed by atoms with van der Waals surface area (Å²) in [7, 11) is 0. The van der Waals surface area contributed by atoms with E-state index in [9.17, 15) is 9.90 Å². The second-order valence-electron chi connectivity index (χ2n) is 6.28. The van der Waals surface area contributed by atoms with E-state index in [1.807, 2.05) is 24.0 Å². The zero-order chi connectivity index (χ0) is 15.7. The minimum Gasteiger partial charge on any atom is -0.395 e. The zero-order valence-electron chi connectivity index (χ0n) is 13.0. The molecule has 2 fully saturated rings. The van der Waals surface area contributed by atoms with Crippen LogP contribution in [0.5, 0.6) is 0 Å². The maximum Gasteiger partial charge on any atom is 0.254 e. The van der Waals surface area contributed by atoms with Gasteiger partial charge < -0.3 is 10.0 Å². The molecule has 3 rings (SSSR count). The van der Waals surface area contributed by atoms with Crippen LogP contribution in [-0.2, 0) is 0 Å². The molecule has 1 amide bonds. The molecule has 2 heterocycles. The number of hydrogen-bond acceptors (Lipinski definition) is 3. The molecule has 5 heteroatoms. The van der Waals surface area contributed by atoms with Gasteiger partial charge in [-0.15, -0.1) is 0 Å². The predicted molar refractivity (Wildman–Crippen MR) is 87.3 cm³/mol. The smallest absolute Gasteiger partial charge is 0.254 e. The van der Waals surface area contributed by atoms with Gasteiger partial charge in [0.05, 0.1) is 6.61 Å². The van der Waals surface area contributed by atoms with Crippen molar-refractivity contribution in [2.75, 3.05) is 26.2 Å². The number of amides is 1. The number of aryl methyl sites for hydroxylation is 1. The molecule has 0 aliphatic carbocycles. The van der Waals surface area contributed by atoms with Crippen molar-refractivity contribution in [1.82, 2.24) is 9.80 Å². The summed E-state index contributed by atoms with van der Waals surface area (Å²) in [5, 5.41) is 9.86. The van der Waals surface area contributed by atoms with Crippen LogP contribution < -0.4 is 0 Å². The van der Waals surface area contributed by atoms with Crippen LogP contribution in [0.3, 0.4) is 0 Å². The number of hydrogen-bond donors (Lipinski definition) is 1. The Kier molecular flexibility index (Phi) is 4.71. The number of nitrogens with zero attached hydrogens (tertiary/aromatic N) is 2. The molecule has 2 aliphatic rings. The molecule has 0 aromatic heterocycles. The van der Waals surface area contributed by atoms with E-state index >= 15 is 0 Å². The van der Waals surface area contributed by atoms with Crippen LogP contribution in [0.15, 0.2) is 18.2 Å². The quantitative estimate of drug-likeness (QED) is 0.929. The Labute approximate surface area is 136 Å². The molecule has 0 spiro atoms. The van der Waals surface area contributed by atoms with Crippen molar-refractivity contribution in [1.29, 1.82) is 0 Å². The van der Waals surface area contributed by atoms with Crippen molar-refractivity contribution >= 4 is 17.5 Å². The topological polar surface area (TPSA) is 43.8 Å². The van der Waals surface area contributed by atoms with Gasteiger partial charge in [0, 0.05) is 42.3 Å². The Morgan fingerprint density at radius 1 is 1.32 bits per heavy atom. The number of likely N-dealkylation sites (tertiary alicyclic amines) is 2. The first kappa shape index (κ1) is 15.8. The van der Waals surface area contributed by atoms with E-state index in [-0.39, 0.29) is 18.6 Å². The monoisotopic (exact) mass is 322 g/mol. The molecule has 0 saturated carbocycles. The van der Waals surface area contributed by atoms with Crippen molar-refractivity contribution in [3.05, 3.63) is 34.3 Å². The minimum absolute atomic E-state index is 0.120. The van der Waals surface area contributed by atoms with Crippen molar-refractivity contribution in [2.24, 2.45) is 0 Å². The van der Waals surface area contributed by atoms with Gasteiger partial charge in [-0.25, -0.2) is 0 Å². The van der Waals surface area contributed by atoms with Gasteiger partial charge >= 0.3 is 0 Å². The molecule has 2 aliphatic heterocycles. The Balaban J connectivity index is 1.80. The predicted octanol–water partition coefficient (Wildman–Crippen LogP) is 2.32. The van der Waals surface area contributed by atoms with Gasteiger partial charge in [-0.3, -0.25) is 9.69 Å². The summed E-state index contributed by atoms with van der Waals surface area (Å²) in [5.41, 5.74) is 1.69. The highest BCUT2D eigenvalue weighted by molar-refractivity contribution is 6.30. The van der Waals surface area contributed by atoms with Crippen molar-refractivity contribution < 1.29 is 9.90 Å². The fourth-order valence-electron chi connectivity index (χ4n) is 3.95. The summed E-state index contributed by atoms with van der Waals surface area (Å²) < 4.78 is 0. The van der Waals surface area contributed by atoms with Gasteiger partial charge in [-0.05, 0) is 49.9 Å². The number of piperidine rings is 1. The van der Waals surface area contributed by atoms with Gasteiger partial charge in [0.15, 0.2) is 0 Å². The number of halogens is 1. The molecular weight excluding hydrogens is 300 g/mol. The fourth-order valence-corrected chi connectivity index (χ4v) is 4.18. The Hall–Kier alpha value is -1.10. The van der Waals surface area contributed by atoms with Crippen molar-refractivity contribution in [3.63, 3.8) is 0 Å². The average Bonchev–Trinajstić information content (AvgIpc) is 2.90. The summed E-state index contributed by atoms with van der Waals surface area (Å²) in [4.78, 5) is 17.3. The number of aliphatic hydroxyl groups is 1. The lowest BCUT2D eigenvalue weighted by molar-refractivity contribution is 0.0505. The highest BCUT2D eigenvalue weighted by atomic mass is 35.5. The van der Waals surface area contributed by atoms with E-state index in [0.717, 1.165) is 43.5 Å². The largest absolute Gasteiger partial charge is 0.395 e. The van der Waals surface area contributed by atoms with Gasteiger partial charge in [0.25, 0.3) is 5.91 Å². The van der Waals surface area contributed by atoms with E-state index in [1.165, 1.54) is 0 Å². The first-order valence-corrected chi connectivity index (χ1v) is 8.41. The molecule has 2 atom stereocenters. The highest BCUT2D eigenvalue weighted by Gasteiger charge is 2.41. The zero-order valence-corrected chi connectivity index (χ0v) is 13.7. The molecule has 1 aromatic rings. The Bertz CT molecular complexity index is 564. The molecule has 22 heavy (non-hydrogen) atoms. The van der Waals surface area contributed by atoms with Crippen LogP contribution in [0.2, 0.25) is 5.02 Å². The van der Waals surface area contributed by atoms with E-state index in [2.05, 4.69) is 4.90 Å². The van der Waals surface area contributed by atoms with Gasteiger partial charge in [0.1, 0.15) is 0 Å². The maximum absolute atomic E-state index is 13.0. The number of rotatable bonds is 3. The standard InChI is InChI=1S/C17H23ClN2O2/c1-12-11-13(18)4-5-14(12)17(22)20-7-2-3-15-16(20)6-8-19(15)9-10-21/h4-5,11,15-16,21H,2-3,6-10H2,1H3/t15-,16-/m1/s1. The summed E-state index contributed by atoms with van der Waals surface area (Å²) in [6.07, 6.45) is 3.15. The normalized spacial score (nSPS) is 25.3. The van der Waals surface area contributed by atoms with Crippen LogP contribution in [0, 0.1) is 6.92 Å². The van der Waals surface area contributed by atoms with E-state index in [4.69, 9.17) is 11.6 Å². The van der Waals surface area contributed by atoms with E-state index in [1.54, 1.807) is 6.07 Å². The lowest BCUT2D eigenvalue weighted by atomic mass is 9.95. The molecule has 0 radical (unpaired) electrons. The number of benzene rings is 1. The van der Waals surface area contributed by atoms with Crippen molar-refractivity contribution in [2.45, 2.75) is 38.3 Å². The molecule has 4 nitrogen and oxygen atoms in total. The summed E-state index contributed by atoms with van der Waals surface area (Å²) in [6, 6.07) is 6.16. The number of carbonyl (C=O) groups excluding carboxylic acids is 1. The average molecular weight is 323 g/mol. The third kappa shape index (κ3) is 2.87. The lowest BCUT2D eigenvalue weighted by Crippen LogP contribution is -2.52. The number of aliphatic hydroxyl groups excluding tert-OH is 1. The fraction of sp³-hybridized carbons (Fsp3) is 0.588. The second kappa shape index (κ2) is 6.57. The van der Waals surface area contributed by atoms with E-state index < -0.39 is 0 Å². The molecule has 2 saturated heterocycles. The molecule has 0 unspecified atom stereocenters. The first-order valence-electron chi connectivity index (χ1n) is 8.04. The molecule has 0 bridgehead atoms. The Morgan fingerprint density at radius 3 is 2.86 bits per heavy atom. The summed E-state index contributed by atoms with van der Waals surface area (Å²) in [6.45, 7) is 4.64. The van der Waals surface area contributed by atoms with Gasteiger partial charge in [0.2, 0.25) is 0 Å². The number of β-amino-alcohol motifs (C(OH)–C–C–N with tert-alkyl or cyclic N) is 1. The second-order valence-corrected chi connectivity index (χ2v) is 6.72. The van der Waals surface area contributed by atoms with Crippen LogP contribution in [0.25, 0.3) is 0 Å². The summed E-state index contributed by atoms with van der Waals surface area (Å²) in [5.74, 6) is 0.120. The van der Waals surface area contributed by atoms with Crippen molar-refractivity contribution in [3.8, 4) is 0 Å². The van der Waals surface area contributed by atoms with Crippen LogP contribution >= 0.6 is 11.6 Å². The third-order valence-electron chi connectivity index (χ3n) is 4.99.